The van der Waals surface area contributed by atoms with Crippen LogP contribution in [0.15, 0.2) is 24.3 Å². The lowest BCUT2D eigenvalue weighted by molar-refractivity contribution is -0.123. The van der Waals surface area contributed by atoms with Gasteiger partial charge in [-0.05, 0) is 31.5 Å². The van der Waals surface area contributed by atoms with Crippen LogP contribution in [0, 0.1) is 17.2 Å². The minimum atomic E-state index is -0.551. The fourth-order valence-electron chi connectivity index (χ4n) is 2.07. The summed E-state index contributed by atoms with van der Waals surface area (Å²) in [5.74, 6) is -0.551. The van der Waals surface area contributed by atoms with Crippen LogP contribution in [0.1, 0.15) is 25.8 Å². The van der Waals surface area contributed by atoms with Gasteiger partial charge in [0.15, 0.2) is 0 Å². The van der Waals surface area contributed by atoms with Gasteiger partial charge in [0, 0.05) is 18.7 Å². The lowest BCUT2D eigenvalue weighted by atomic mass is 9.86. The lowest BCUT2D eigenvalue weighted by Crippen LogP contribution is -2.24. The van der Waals surface area contributed by atoms with Crippen LogP contribution in [0.3, 0.4) is 0 Å². The van der Waals surface area contributed by atoms with E-state index in [1.165, 1.54) is 0 Å². The SMILES string of the molecule is CC(C)(C#N)c1ccc(NC(=O)C2CNC(=O)C2)cc1. The van der Waals surface area contributed by atoms with Gasteiger partial charge in [-0.3, -0.25) is 9.59 Å². The smallest absolute Gasteiger partial charge is 0.229 e. The second-order valence-electron chi connectivity index (χ2n) is 5.51. The largest absolute Gasteiger partial charge is 0.355 e. The summed E-state index contributed by atoms with van der Waals surface area (Å²) in [4.78, 5) is 23.0. The number of carbonyl (C=O) groups excluding carboxylic acids is 2. The first-order valence-electron chi connectivity index (χ1n) is 6.52. The van der Waals surface area contributed by atoms with Crippen molar-refractivity contribution in [3.63, 3.8) is 0 Å². The molecule has 104 valence electrons. The molecule has 0 saturated carbocycles. The van der Waals surface area contributed by atoms with Gasteiger partial charge in [0.25, 0.3) is 0 Å². The number of carbonyl (C=O) groups is 2. The van der Waals surface area contributed by atoms with Crippen LogP contribution in [0.5, 0.6) is 0 Å². The van der Waals surface area contributed by atoms with Crippen LogP contribution in [-0.4, -0.2) is 18.4 Å². The van der Waals surface area contributed by atoms with Crippen molar-refractivity contribution in [2.75, 3.05) is 11.9 Å². The number of amides is 2. The number of hydrogen-bond donors (Lipinski definition) is 2. The fraction of sp³-hybridized carbons (Fsp3) is 0.400. The predicted octanol–water partition coefficient (Wildman–Crippen LogP) is 1.56. The second-order valence-corrected chi connectivity index (χ2v) is 5.51. The minimum absolute atomic E-state index is 0.0868. The molecule has 1 unspecified atom stereocenters. The van der Waals surface area contributed by atoms with Gasteiger partial charge in [-0.25, -0.2) is 0 Å². The van der Waals surface area contributed by atoms with Crippen molar-refractivity contribution in [2.45, 2.75) is 25.7 Å². The van der Waals surface area contributed by atoms with Crippen LogP contribution in [0.4, 0.5) is 5.69 Å². The molecule has 1 aromatic rings. The zero-order chi connectivity index (χ0) is 14.8. The topological polar surface area (TPSA) is 82.0 Å². The van der Waals surface area contributed by atoms with Crippen molar-refractivity contribution < 1.29 is 9.59 Å². The van der Waals surface area contributed by atoms with Crippen molar-refractivity contribution >= 4 is 17.5 Å². The van der Waals surface area contributed by atoms with E-state index in [1.807, 2.05) is 26.0 Å². The van der Waals surface area contributed by atoms with Crippen LogP contribution in [0.2, 0.25) is 0 Å². The third kappa shape index (κ3) is 2.97. The van der Waals surface area contributed by atoms with Crippen molar-refractivity contribution in [2.24, 2.45) is 5.92 Å². The van der Waals surface area contributed by atoms with Crippen molar-refractivity contribution in [3.05, 3.63) is 29.8 Å². The molecule has 1 aromatic carbocycles. The number of benzene rings is 1. The first-order chi connectivity index (χ1) is 9.42. The molecule has 5 nitrogen and oxygen atoms in total. The van der Waals surface area contributed by atoms with Gasteiger partial charge in [0.05, 0.1) is 17.4 Å². The highest BCUT2D eigenvalue weighted by Crippen LogP contribution is 2.24. The molecular weight excluding hydrogens is 254 g/mol. The van der Waals surface area contributed by atoms with E-state index < -0.39 is 5.41 Å². The van der Waals surface area contributed by atoms with E-state index in [9.17, 15) is 9.59 Å². The van der Waals surface area contributed by atoms with Gasteiger partial charge < -0.3 is 10.6 Å². The molecule has 0 aliphatic carbocycles. The Morgan fingerprint density at radius 2 is 2.05 bits per heavy atom. The minimum Gasteiger partial charge on any atom is -0.355 e. The van der Waals surface area contributed by atoms with Crippen molar-refractivity contribution in [3.8, 4) is 6.07 Å². The number of nitriles is 1. The summed E-state index contributed by atoms with van der Waals surface area (Å²) in [7, 11) is 0. The molecule has 1 saturated heterocycles. The van der Waals surface area contributed by atoms with E-state index in [1.54, 1.807) is 12.1 Å². The number of hydrogen-bond acceptors (Lipinski definition) is 3. The molecule has 1 aliphatic rings. The maximum absolute atomic E-state index is 11.9. The van der Waals surface area contributed by atoms with E-state index in [4.69, 9.17) is 5.26 Å². The fourth-order valence-corrected chi connectivity index (χ4v) is 2.07. The molecule has 0 aromatic heterocycles. The highest BCUT2D eigenvalue weighted by molar-refractivity contribution is 5.97. The molecule has 2 N–H and O–H groups in total. The molecule has 2 rings (SSSR count). The Morgan fingerprint density at radius 1 is 1.40 bits per heavy atom. The second kappa shape index (κ2) is 5.33. The van der Waals surface area contributed by atoms with Gasteiger partial charge in [0.1, 0.15) is 0 Å². The standard InChI is InChI=1S/C15H17N3O2/c1-15(2,9-16)11-3-5-12(6-4-11)18-14(20)10-7-13(19)17-8-10/h3-6,10H,7-8H2,1-2H3,(H,17,19)(H,18,20). The number of rotatable bonds is 3. The maximum atomic E-state index is 11.9. The molecule has 1 aliphatic heterocycles. The van der Waals surface area contributed by atoms with E-state index in [0.29, 0.717) is 12.2 Å². The Balaban J connectivity index is 2.03. The summed E-state index contributed by atoms with van der Waals surface area (Å²) in [6.07, 6.45) is 0.241. The molecule has 0 radical (unpaired) electrons. The third-order valence-corrected chi connectivity index (χ3v) is 3.50. The highest BCUT2D eigenvalue weighted by atomic mass is 16.2. The van der Waals surface area contributed by atoms with Crippen LogP contribution in [-0.2, 0) is 15.0 Å². The lowest BCUT2D eigenvalue weighted by Gasteiger charge is -2.16. The molecule has 5 heteroatoms. The Hall–Kier alpha value is -2.35. The van der Waals surface area contributed by atoms with E-state index in [0.717, 1.165) is 5.56 Å². The Bertz CT molecular complexity index is 570. The Morgan fingerprint density at radius 3 is 2.55 bits per heavy atom. The van der Waals surface area contributed by atoms with Crippen molar-refractivity contribution in [1.82, 2.24) is 5.32 Å². The van der Waals surface area contributed by atoms with E-state index in [2.05, 4.69) is 16.7 Å². The summed E-state index contributed by atoms with van der Waals surface area (Å²) in [5, 5.41) is 14.5. The Kier molecular flexibility index (Phi) is 3.75. The van der Waals surface area contributed by atoms with Crippen LogP contribution >= 0.6 is 0 Å². The van der Waals surface area contributed by atoms with Crippen molar-refractivity contribution in [1.29, 1.82) is 5.26 Å². The zero-order valence-electron chi connectivity index (χ0n) is 11.6. The molecule has 1 atom stereocenters. The number of nitrogens with one attached hydrogen (secondary N) is 2. The highest BCUT2D eigenvalue weighted by Gasteiger charge is 2.28. The summed E-state index contributed by atoms with van der Waals surface area (Å²) >= 11 is 0. The van der Waals surface area contributed by atoms with Gasteiger partial charge in [-0.1, -0.05) is 12.1 Å². The van der Waals surface area contributed by atoms with Crippen LogP contribution < -0.4 is 10.6 Å². The van der Waals surface area contributed by atoms with Gasteiger partial charge in [0.2, 0.25) is 11.8 Å². The van der Waals surface area contributed by atoms with Gasteiger partial charge >= 0.3 is 0 Å². The van der Waals surface area contributed by atoms with E-state index in [-0.39, 0.29) is 24.2 Å². The monoisotopic (exact) mass is 271 g/mol. The molecule has 1 heterocycles. The average molecular weight is 271 g/mol. The summed E-state index contributed by atoms with van der Waals surface area (Å²) in [6, 6.07) is 9.44. The summed E-state index contributed by atoms with van der Waals surface area (Å²) in [5.41, 5.74) is 1.02. The van der Waals surface area contributed by atoms with Gasteiger partial charge in [-0.15, -0.1) is 0 Å². The molecule has 20 heavy (non-hydrogen) atoms. The predicted molar refractivity (Wildman–Crippen MR) is 74.8 cm³/mol. The Labute approximate surface area is 118 Å². The molecule has 0 bridgehead atoms. The zero-order valence-corrected chi connectivity index (χ0v) is 11.6. The molecule has 1 fully saturated rings. The number of nitrogens with zero attached hydrogens (tertiary/aromatic N) is 1. The summed E-state index contributed by atoms with van der Waals surface area (Å²) < 4.78 is 0. The quantitative estimate of drug-likeness (QED) is 0.875. The average Bonchev–Trinajstić information content (AvgIpc) is 2.86. The van der Waals surface area contributed by atoms with Gasteiger partial charge in [-0.2, -0.15) is 5.26 Å². The third-order valence-electron chi connectivity index (χ3n) is 3.50. The molecule has 0 spiro atoms. The number of anilines is 1. The first kappa shape index (κ1) is 14.1. The van der Waals surface area contributed by atoms with Crippen LogP contribution in [0.25, 0.3) is 0 Å². The maximum Gasteiger partial charge on any atom is 0.229 e. The normalized spacial score (nSPS) is 18.2. The first-order valence-corrected chi connectivity index (χ1v) is 6.52. The molecular formula is C15H17N3O2. The summed E-state index contributed by atoms with van der Waals surface area (Å²) in [6.45, 7) is 4.08. The van der Waals surface area contributed by atoms with E-state index >= 15 is 0 Å². The molecule has 2 amide bonds.